The third-order valence-electron chi connectivity index (χ3n) is 4.50. The lowest BCUT2D eigenvalue weighted by atomic mass is 9.97. The van der Waals surface area contributed by atoms with E-state index < -0.39 is 0 Å². The number of nitrogens with zero attached hydrogens (tertiary/aromatic N) is 1. The SMILES string of the molecule is CCCCOc1ccc(/C=C/C(=O)N2CCCC(C(N)=O)C2)cc1OC. The van der Waals surface area contributed by atoms with Crippen LogP contribution in [0.2, 0.25) is 0 Å². The van der Waals surface area contributed by atoms with Crippen molar-refractivity contribution in [3.8, 4) is 11.5 Å². The molecule has 1 aromatic rings. The van der Waals surface area contributed by atoms with Crippen LogP contribution in [0.1, 0.15) is 38.2 Å². The number of ether oxygens (including phenoxy) is 2. The highest BCUT2D eigenvalue weighted by Crippen LogP contribution is 2.29. The van der Waals surface area contributed by atoms with Crippen molar-refractivity contribution in [2.75, 3.05) is 26.8 Å². The van der Waals surface area contributed by atoms with E-state index in [0.717, 1.165) is 31.2 Å². The first kappa shape index (κ1) is 19.8. The third-order valence-corrected chi connectivity index (χ3v) is 4.50. The third kappa shape index (κ3) is 5.51. The minimum absolute atomic E-state index is 0.113. The zero-order chi connectivity index (χ0) is 18.9. The molecular formula is C20H28N2O4. The van der Waals surface area contributed by atoms with Crippen LogP contribution in [-0.4, -0.2) is 43.5 Å². The number of carbonyl (C=O) groups is 2. The topological polar surface area (TPSA) is 81.9 Å². The molecule has 1 unspecified atom stereocenters. The van der Waals surface area contributed by atoms with Crippen molar-refractivity contribution in [3.63, 3.8) is 0 Å². The Labute approximate surface area is 154 Å². The average molecular weight is 360 g/mol. The quantitative estimate of drug-likeness (QED) is 0.571. The number of piperidine rings is 1. The summed E-state index contributed by atoms with van der Waals surface area (Å²) in [6, 6.07) is 5.58. The molecule has 1 fully saturated rings. The number of likely N-dealkylation sites (tertiary alicyclic amines) is 1. The number of benzene rings is 1. The highest BCUT2D eigenvalue weighted by atomic mass is 16.5. The van der Waals surface area contributed by atoms with Crippen molar-refractivity contribution in [1.29, 1.82) is 0 Å². The minimum Gasteiger partial charge on any atom is -0.493 e. The van der Waals surface area contributed by atoms with Crippen LogP contribution in [0.25, 0.3) is 6.08 Å². The summed E-state index contributed by atoms with van der Waals surface area (Å²) < 4.78 is 11.1. The molecule has 6 nitrogen and oxygen atoms in total. The van der Waals surface area contributed by atoms with Crippen LogP contribution < -0.4 is 15.2 Å². The van der Waals surface area contributed by atoms with Gasteiger partial charge in [-0.05, 0) is 43.0 Å². The molecule has 1 saturated heterocycles. The number of amides is 2. The molecule has 1 aromatic carbocycles. The number of hydrogen-bond donors (Lipinski definition) is 1. The van der Waals surface area contributed by atoms with Crippen molar-refractivity contribution >= 4 is 17.9 Å². The van der Waals surface area contributed by atoms with Gasteiger partial charge in [-0.2, -0.15) is 0 Å². The Morgan fingerprint density at radius 2 is 2.15 bits per heavy atom. The molecule has 2 amide bonds. The van der Waals surface area contributed by atoms with Crippen LogP contribution >= 0.6 is 0 Å². The van der Waals surface area contributed by atoms with Crippen molar-refractivity contribution < 1.29 is 19.1 Å². The van der Waals surface area contributed by atoms with Crippen LogP contribution in [0.4, 0.5) is 0 Å². The van der Waals surface area contributed by atoms with Gasteiger partial charge in [-0.3, -0.25) is 9.59 Å². The smallest absolute Gasteiger partial charge is 0.246 e. The number of hydrogen-bond acceptors (Lipinski definition) is 4. The summed E-state index contributed by atoms with van der Waals surface area (Å²) >= 11 is 0. The lowest BCUT2D eigenvalue weighted by molar-refractivity contribution is -0.130. The van der Waals surface area contributed by atoms with Gasteiger partial charge in [0.25, 0.3) is 0 Å². The van der Waals surface area contributed by atoms with Crippen molar-refractivity contribution in [3.05, 3.63) is 29.8 Å². The van der Waals surface area contributed by atoms with Gasteiger partial charge in [-0.1, -0.05) is 19.4 Å². The van der Waals surface area contributed by atoms with E-state index in [0.29, 0.717) is 31.2 Å². The van der Waals surface area contributed by atoms with E-state index in [1.54, 1.807) is 18.1 Å². The second kappa shape index (κ2) is 9.85. The molecule has 1 aliphatic heterocycles. The Balaban J connectivity index is 2.00. The molecule has 0 aromatic heterocycles. The Bertz CT molecular complexity index is 657. The first-order chi connectivity index (χ1) is 12.5. The van der Waals surface area contributed by atoms with Gasteiger partial charge in [0, 0.05) is 19.2 Å². The molecule has 1 atom stereocenters. The van der Waals surface area contributed by atoms with Crippen LogP contribution in [0.3, 0.4) is 0 Å². The summed E-state index contributed by atoms with van der Waals surface area (Å²) in [5.74, 6) is 0.640. The number of unbranched alkanes of at least 4 members (excludes halogenated alkanes) is 1. The van der Waals surface area contributed by atoms with Gasteiger partial charge < -0.3 is 20.1 Å². The van der Waals surface area contributed by atoms with Gasteiger partial charge >= 0.3 is 0 Å². The Hall–Kier alpha value is -2.50. The summed E-state index contributed by atoms with van der Waals surface area (Å²) in [6.07, 6.45) is 6.87. The highest BCUT2D eigenvalue weighted by Gasteiger charge is 2.25. The molecule has 0 bridgehead atoms. The van der Waals surface area contributed by atoms with Crippen LogP contribution in [-0.2, 0) is 9.59 Å². The molecular weight excluding hydrogens is 332 g/mol. The van der Waals surface area contributed by atoms with Gasteiger partial charge in [0.2, 0.25) is 11.8 Å². The monoisotopic (exact) mass is 360 g/mol. The minimum atomic E-state index is -0.338. The molecule has 1 aliphatic rings. The summed E-state index contributed by atoms with van der Waals surface area (Å²) in [5, 5.41) is 0. The second-order valence-corrected chi connectivity index (χ2v) is 6.47. The fraction of sp³-hybridized carbons (Fsp3) is 0.500. The maximum absolute atomic E-state index is 12.4. The van der Waals surface area contributed by atoms with E-state index in [-0.39, 0.29) is 17.7 Å². The normalized spacial score (nSPS) is 17.3. The molecule has 2 rings (SSSR count). The second-order valence-electron chi connectivity index (χ2n) is 6.47. The van der Waals surface area contributed by atoms with E-state index >= 15 is 0 Å². The van der Waals surface area contributed by atoms with Crippen molar-refractivity contribution in [2.45, 2.75) is 32.6 Å². The molecule has 0 aliphatic carbocycles. The number of carbonyl (C=O) groups excluding carboxylic acids is 2. The zero-order valence-corrected chi connectivity index (χ0v) is 15.6. The first-order valence-electron chi connectivity index (χ1n) is 9.12. The van der Waals surface area contributed by atoms with E-state index in [9.17, 15) is 9.59 Å². The van der Waals surface area contributed by atoms with E-state index in [1.165, 1.54) is 6.08 Å². The molecule has 26 heavy (non-hydrogen) atoms. The molecule has 0 radical (unpaired) electrons. The fourth-order valence-corrected chi connectivity index (χ4v) is 2.92. The molecule has 2 N–H and O–H groups in total. The summed E-state index contributed by atoms with van der Waals surface area (Å²) in [5.41, 5.74) is 6.21. The van der Waals surface area contributed by atoms with Gasteiger partial charge in [0.15, 0.2) is 11.5 Å². The average Bonchev–Trinajstić information content (AvgIpc) is 2.66. The number of rotatable bonds is 8. The van der Waals surface area contributed by atoms with E-state index in [2.05, 4.69) is 6.92 Å². The van der Waals surface area contributed by atoms with Crippen LogP contribution in [0.5, 0.6) is 11.5 Å². The number of primary amides is 1. The summed E-state index contributed by atoms with van der Waals surface area (Å²) in [7, 11) is 1.60. The standard InChI is InChI=1S/C20H28N2O4/c1-3-4-12-26-17-9-7-15(13-18(17)25-2)8-10-19(23)22-11-5-6-16(14-22)20(21)24/h7-10,13,16H,3-6,11-12,14H2,1-2H3,(H2,21,24)/b10-8+. The van der Waals surface area contributed by atoms with Gasteiger partial charge in [-0.15, -0.1) is 0 Å². The maximum atomic E-state index is 12.4. The van der Waals surface area contributed by atoms with Crippen molar-refractivity contribution in [2.24, 2.45) is 11.7 Å². The Kier molecular flexibility index (Phi) is 7.51. The first-order valence-corrected chi connectivity index (χ1v) is 9.12. The lowest BCUT2D eigenvalue weighted by Crippen LogP contribution is -2.43. The predicted molar refractivity (Wildman–Crippen MR) is 101 cm³/mol. The summed E-state index contributed by atoms with van der Waals surface area (Å²) in [4.78, 5) is 25.4. The maximum Gasteiger partial charge on any atom is 0.246 e. The van der Waals surface area contributed by atoms with Crippen molar-refractivity contribution in [1.82, 2.24) is 4.90 Å². The van der Waals surface area contributed by atoms with Crippen LogP contribution in [0, 0.1) is 5.92 Å². The molecule has 0 saturated carbocycles. The zero-order valence-electron chi connectivity index (χ0n) is 15.6. The molecule has 142 valence electrons. The van der Waals surface area contributed by atoms with E-state index in [4.69, 9.17) is 15.2 Å². The predicted octanol–water partition coefficient (Wildman–Crippen LogP) is 2.61. The number of nitrogens with two attached hydrogens (primary N) is 1. The van der Waals surface area contributed by atoms with Gasteiger partial charge in [-0.25, -0.2) is 0 Å². The molecule has 1 heterocycles. The fourth-order valence-electron chi connectivity index (χ4n) is 2.92. The highest BCUT2D eigenvalue weighted by molar-refractivity contribution is 5.92. The van der Waals surface area contributed by atoms with Gasteiger partial charge in [0.05, 0.1) is 19.6 Å². The Morgan fingerprint density at radius 3 is 2.85 bits per heavy atom. The Morgan fingerprint density at radius 1 is 1.35 bits per heavy atom. The molecule has 6 heteroatoms. The summed E-state index contributed by atoms with van der Waals surface area (Å²) in [6.45, 7) is 3.81. The lowest BCUT2D eigenvalue weighted by Gasteiger charge is -2.30. The van der Waals surface area contributed by atoms with Crippen LogP contribution in [0.15, 0.2) is 24.3 Å². The van der Waals surface area contributed by atoms with E-state index in [1.807, 2.05) is 18.2 Å². The number of methoxy groups -OCH3 is 1. The van der Waals surface area contributed by atoms with Gasteiger partial charge in [0.1, 0.15) is 0 Å². The molecule has 0 spiro atoms. The largest absolute Gasteiger partial charge is 0.493 e.